The van der Waals surface area contributed by atoms with Crippen LogP contribution in [0.2, 0.25) is 0 Å². The SMILES string of the molecule is Cc1cccc2sc(NC3(C)CCCCC3)nc12. The van der Waals surface area contributed by atoms with E-state index in [-0.39, 0.29) is 5.54 Å². The molecule has 1 aromatic heterocycles. The van der Waals surface area contributed by atoms with E-state index in [0.29, 0.717) is 0 Å². The molecule has 1 aliphatic carbocycles. The minimum atomic E-state index is 0.250. The van der Waals surface area contributed by atoms with Gasteiger partial charge in [0.2, 0.25) is 0 Å². The van der Waals surface area contributed by atoms with E-state index in [1.807, 2.05) is 0 Å². The number of hydrogen-bond acceptors (Lipinski definition) is 3. The number of thiazole rings is 1. The molecule has 0 spiro atoms. The van der Waals surface area contributed by atoms with Crippen LogP contribution in [0.15, 0.2) is 18.2 Å². The fourth-order valence-electron chi connectivity index (χ4n) is 2.85. The molecule has 2 nitrogen and oxygen atoms in total. The van der Waals surface area contributed by atoms with Crippen molar-refractivity contribution in [3.63, 3.8) is 0 Å². The molecule has 0 saturated heterocycles. The monoisotopic (exact) mass is 260 g/mol. The molecule has 0 amide bonds. The summed E-state index contributed by atoms with van der Waals surface area (Å²) in [4.78, 5) is 4.76. The highest BCUT2D eigenvalue weighted by molar-refractivity contribution is 7.22. The van der Waals surface area contributed by atoms with E-state index in [9.17, 15) is 0 Å². The van der Waals surface area contributed by atoms with Crippen LogP contribution < -0.4 is 5.32 Å². The predicted molar refractivity (Wildman–Crippen MR) is 79.5 cm³/mol. The first kappa shape index (κ1) is 12.0. The van der Waals surface area contributed by atoms with Gasteiger partial charge in [-0.1, -0.05) is 42.7 Å². The van der Waals surface area contributed by atoms with Crippen LogP contribution in [0, 0.1) is 6.92 Å². The van der Waals surface area contributed by atoms with Crippen molar-refractivity contribution in [1.29, 1.82) is 0 Å². The second-order valence-corrected chi connectivity index (χ2v) is 6.72. The van der Waals surface area contributed by atoms with Gasteiger partial charge >= 0.3 is 0 Å². The van der Waals surface area contributed by atoms with Gasteiger partial charge in [-0.15, -0.1) is 0 Å². The normalized spacial score (nSPS) is 19.0. The first-order valence-electron chi connectivity index (χ1n) is 6.81. The molecular formula is C15H20N2S. The lowest BCUT2D eigenvalue weighted by molar-refractivity contribution is 0.349. The third-order valence-electron chi connectivity index (χ3n) is 3.99. The third kappa shape index (κ3) is 2.24. The molecule has 18 heavy (non-hydrogen) atoms. The number of anilines is 1. The van der Waals surface area contributed by atoms with Crippen molar-refractivity contribution in [2.24, 2.45) is 0 Å². The van der Waals surface area contributed by atoms with Crippen molar-refractivity contribution in [2.45, 2.75) is 51.5 Å². The van der Waals surface area contributed by atoms with Gasteiger partial charge in [0.05, 0.1) is 10.2 Å². The first-order chi connectivity index (χ1) is 8.66. The number of hydrogen-bond donors (Lipinski definition) is 1. The van der Waals surface area contributed by atoms with Gasteiger partial charge in [-0.05, 0) is 38.3 Å². The number of benzene rings is 1. The maximum atomic E-state index is 4.76. The van der Waals surface area contributed by atoms with Gasteiger partial charge in [0, 0.05) is 5.54 Å². The summed E-state index contributed by atoms with van der Waals surface area (Å²) in [5, 5.41) is 4.77. The smallest absolute Gasteiger partial charge is 0.184 e. The van der Waals surface area contributed by atoms with Crippen molar-refractivity contribution in [3.05, 3.63) is 23.8 Å². The van der Waals surface area contributed by atoms with E-state index in [0.717, 1.165) is 10.6 Å². The Morgan fingerprint density at radius 2 is 2.00 bits per heavy atom. The Morgan fingerprint density at radius 1 is 1.22 bits per heavy atom. The van der Waals surface area contributed by atoms with E-state index in [1.165, 1.54) is 42.4 Å². The zero-order chi connectivity index (χ0) is 12.6. The van der Waals surface area contributed by atoms with Crippen LogP contribution in [-0.4, -0.2) is 10.5 Å². The Hall–Kier alpha value is -1.09. The van der Waals surface area contributed by atoms with E-state index in [1.54, 1.807) is 11.3 Å². The van der Waals surface area contributed by atoms with E-state index in [4.69, 9.17) is 4.98 Å². The minimum Gasteiger partial charge on any atom is -0.356 e. The lowest BCUT2D eigenvalue weighted by Gasteiger charge is -2.34. The van der Waals surface area contributed by atoms with Crippen molar-refractivity contribution in [1.82, 2.24) is 4.98 Å². The molecule has 0 radical (unpaired) electrons. The van der Waals surface area contributed by atoms with E-state index < -0.39 is 0 Å². The van der Waals surface area contributed by atoms with Crippen LogP contribution in [0.3, 0.4) is 0 Å². The van der Waals surface area contributed by atoms with Gasteiger partial charge < -0.3 is 5.32 Å². The van der Waals surface area contributed by atoms with Gasteiger partial charge in [0.15, 0.2) is 5.13 Å². The highest BCUT2D eigenvalue weighted by Gasteiger charge is 2.27. The minimum absolute atomic E-state index is 0.250. The molecule has 2 aromatic rings. The Kier molecular flexibility index (Phi) is 3.02. The largest absolute Gasteiger partial charge is 0.356 e. The predicted octanol–water partition coefficient (Wildman–Crippen LogP) is 4.74. The summed E-state index contributed by atoms with van der Waals surface area (Å²) in [5.41, 5.74) is 2.68. The molecule has 1 N–H and O–H groups in total. The highest BCUT2D eigenvalue weighted by Crippen LogP contribution is 2.34. The van der Waals surface area contributed by atoms with Crippen LogP contribution in [0.25, 0.3) is 10.2 Å². The molecule has 0 unspecified atom stereocenters. The Bertz CT molecular complexity index is 553. The van der Waals surface area contributed by atoms with Gasteiger partial charge in [0.1, 0.15) is 0 Å². The molecule has 0 aliphatic heterocycles. The molecule has 1 aliphatic rings. The molecule has 96 valence electrons. The fraction of sp³-hybridized carbons (Fsp3) is 0.533. The summed E-state index contributed by atoms with van der Waals surface area (Å²) < 4.78 is 1.29. The number of nitrogens with one attached hydrogen (secondary N) is 1. The van der Waals surface area contributed by atoms with Gasteiger partial charge in [0.25, 0.3) is 0 Å². The van der Waals surface area contributed by atoms with Gasteiger partial charge in [-0.2, -0.15) is 0 Å². The molecule has 0 bridgehead atoms. The zero-order valence-corrected chi connectivity index (χ0v) is 11.9. The molecule has 1 heterocycles. The number of para-hydroxylation sites is 1. The van der Waals surface area contributed by atoms with Gasteiger partial charge in [-0.25, -0.2) is 4.98 Å². The molecule has 1 aromatic carbocycles. The fourth-order valence-corrected chi connectivity index (χ4v) is 3.95. The lowest BCUT2D eigenvalue weighted by Crippen LogP contribution is -2.36. The molecule has 3 rings (SSSR count). The quantitative estimate of drug-likeness (QED) is 0.843. The average Bonchev–Trinajstić information content (AvgIpc) is 2.73. The second kappa shape index (κ2) is 4.54. The van der Waals surface area contributed by atoms with Crippen molar-refractivity contribution in [2.75, 3.05) is 5.32 Å². The second-order valence-electron chi connectivity index (χ2n) is 5.69. The summed E-state index contributed by atoms with van der Waals surface area (Å²) in [6.07, 6.45) is 6.60. The molecule has 1 saturated carbocycles. The molecule has 1 fully saturated rings. The van der Waals surface area contributed by atoms with Crippen LogP contribution in [0.4, 0.5) is 5.13 Å². The Balaban J connectivity index is 1.88. The van der Waals surface area contributed by atoms with Crippen molar-refractivity contribution in [3.8, 4) is 0 Å². The highest BCUT2D eigenvalue weighted by atomic mass is 32.1. The topological polar surface area (TPSA) is 24.9 Å². The first-order valence-corrected chi connectivity index (χ1v) is 7.62. The summed E-state index contributed by atoms with van der Waals surface area (Å²) in [7, 11) is 0. The number of aromatic nitrogens is 1. The summed E-state index contributed by atoms with van der Waals surface area (Å²) in [6, 6.07) is 6.41. The third-order valence-corrected chi connectivity index (χ3v) is 4.92. The summed E-state index contributed by atoms with van der Waals surface area (Å²) in [5.74, 6) is 0. The van der Waals surface area contributed by atoms with Crippen LogP contribution in [-0.2, 0) is 0 Å². The average molecular weight is 260 g/mol. The number of aryl methyl sites for hydroxylation is 1. The Labute approximate surface area is 112 Å². The number of fused-ring (bicyclic) bond motifs is 1. The maximum absolute atomic E-state index is 4.76. The van der Waals surface area contributed by atoms with Crippen LogP contribution in [0.1, 0.15) is 44.6 Å². The van der Waals surface area contributed by atoms with E-state index >= 15 is 0 Å². The van der Waals surface area contributed by atoms with E-state index in [2.05, 4.69) is 37.4 Å². The number of nitrogens with zero attached hydrogens (tertiary/aromatic N) is 1. The molecule has 0 atom stereocenters. The summed E-state index contributed by atoms with van der Waals surface area (Å²) >= 11 is 1.78. The molecule has 3 heteroatoms. The Morgan fingerprint density at radius 3 is 2.72 bits per heavy atom. The van der Waals surface area contributed by atoms with Gasteiger partial charge in [-0.3, -0.25) is 0 Å². The zero-order valence-electron chi connectivity index (χ0n) is 11.1. The number of rotatable bonds is 2. The van der Waals surface area contributed by atoms with Crippen molar-refractivity contribution >= 4 is 26.7 Å². The van der Waals surface area contributed by atoms with Crippen LogP contribution in [0.5, 0.6) is 0 Å². The summed E-state index contributed by atoms with van der Waals surface area (Å²) in [6.45, 7) is 4.47. The maximum Gasteiger partial charge on any atom is 0.184 e. The molecular weight excluding hydrogens is 240 g/mol. The van der Waals surface area contributed by atoms with Crippen LogP contribution >= 0.6 is 11.3 Å². The lowest BCUT2D eigenvalue weighted by atomic mass is 9.83. The van der Waals surface area contributed by atoms with Crippen molar-refractivity contribution < 1.29 is 0 Å². The standard InChI is InChI=1S/C15H20N2S/c1-11-7-6-8-12-13(11)16-14(18-12)17-15(2)9-4-3-5-10-15/h6-8H,3-5,9-10H2,1-2H3,(H,16,17).